The molecule has 0 amide bonds. The van der Waals surface area contributed by atoms with Crippen molar-refractivity contribution in [2.24, 2.45) is 0 Å². The van der Waals surface area contributed by atoms with Crippen molar-refractivity contribution in [1.82, 2.24) is 5.32 Å². The number of carboxylic acid groups (broad SMARTS) is 3. The zero-order valence-corrected chi connectivity index (χ0v) is 8.53. The molecule has 0 spiro atoms. The summed E-state index contributed by atoms with van der Waals surface area (Å²) in [6.45, 7) is 0.858. The van der Waals surface area contributed by atoms with Crippen molar-refractivity contribution in [1.29, 1.82) is 0 Å². The van der Waals surface area contributed by atoms with E-state index < -0.39 is 30.1 Å². The molecule has 0 unspecified atom stereocenters. The summed E-state index contributed by atoms with van der Waals surface area (Å²) in [6.07, 6.45) is -4.09. The van der Waals surface area contributed by atoms with Gasteiger partial charge in [0.2, 0.25) is 0 Å². The minimum Gasteiger partial charge on any atom is -0.547 e. The Morgan fingerprint density at radius 2 is 1.47 bits per heavy atom. The van der Waals surface area contributed by atoms with Crippen LogP contribution in [0.15, 0.2) is 0 Å². The summed E-state index contributed by atoms with van der Waals surface area (Å²) in [5.74, 6) is -4.85. The van der Waals surface area contributed by atoms with Crippen molar-refractivity contribution in [2.45, 2.75) is 24.7 Å². The van der Waals surface area contributed by atoms with Gasteiger partial charge in [0.15, 0.2) is 0 Å². The van der Waals surface area contributed by atoms with Gasteiger partial charge in [-0.1, -0.05) is 0 Å². The van der Waals surface area contributed by atoms with Crippen LogP contribution in [0.2, 0.25) is 0 Å². The SMILES string of the molecule is O=C(O)[C@@H]1CCN1.O=C([O-])[C@@H](O)[C@H](O)C(=O)[O-]. The van der Waals surface area contributed by atoms with Crippen LogP contribution in [0.4, 0.5) is 0 Å². The van der Waals surface area contributed by atoms with Crippen molar-refractivity contribution < 1.29 is 39.9 Å². The minimum atomic E-state index is -2.44. The third kappa shape index (κ3) is 5.24. The summed E-state index contributed by atoms with van der Waals surface area (Å²) in [6, 6.07) is -0.250. The Balaban J connectivity index is 0.000000318. The molecule has 4 N–H and O–H groups in total. The van der Waals surface area contributed by atoms with E-state index in [1.54, 1.807) is 0 Å². The van der Waals surface area contributed by atoms with Crippen LogP contribution in [0, 0.1) is 0 Å². The summed E-state index contributed by atoms with van der Waals surface area (Å²) in [5, 5.41) is 46.6. The number of carbonyl (C=O) groups excluding carboxylic acids is 2. The van der Waals surface area contributed by atoms with Gasteiger partial charge < -0.3 is 40.4 Å². The van der Waals surface area contributed by atoms with Gasteiger partial charge in [-0.25, -0.2) is 0 Å². The van der Waals surface area contributed by atoms with Gasteiger partial charge in [-0.05, 0) is 13.0 Å². The molecule has 3 atom stereocenters. The molecule has 9 nitrogen and oxygen atoms in total. The highest BCUT2D eigenvalue weighted by Crippen LogP contribution is 1.99. The molecule has 9 heteroatoms. The highest BCUT2D eigenvalue weighted by atomic mass is 16.4. The molecule has 0 saturated carbocycles. The van der Waals surface area contributed by atoms with E-state index in [9.17, 15) is 24.6 Å². The number of rotatable bonds is 4. The fourth-order valence-corrected chi connectivity index (χ4v) is 0.757. The van der Waals surface area contributed by atoms with Gasteiger partial charge in [-0.2, -0.15) is 0 Å². The standard InChI is InChI=1S/C4H7NO2.C4H6O6/c6-4(7)3-1-2-5-3;5-1(3(7)8)2(6)4(9)10/h3,5H,1-2H2,(H,6,7);1-2,5-6H,(H,7,8)(H,9,10)/p-2/t3-;1-,2-/m00/s1. The molecule has 0 aliphatic carbocycles. The Morgan fingerprint density at radius 3 is 1.53 bits per heavy atom. The smallest absolute Gasteiger partial charge is 0.320 e. The third-order valence-electron chi connectivity index (χ3n) is 1.90. The van der Waals surface area contributed by atoms with E-state index in [0.29, 0.717) is 0 Å². The highest BCUT2D eigenvalue weighted by Gasteiger charge is 2.22. The highest BCUT2D eigenvalue weighted by molar-refractivity contribution is 5.80. The van der Waals surface area contributed by atoms with Gasteiger partial charge in [0.25, 0.3) is 0 Å². The Kier molecular flexibility index (Phi) is 6.10. The van der Waals surface area contributed by atoms with Gasteiger partial charge in [-0.3, -0.25) is 4.79 Å². The molecular weight excluding hydrogens is 238 g/mol. The van der Waals surface area contributed by atoms with E-state index in [4.69, 9.17) is 15.3 Å². The molecule has 0 radical (unpaired) electrons. The van der Waals surface area contributed by atoms with E-state index >= 15 is 0 Å². The first-order chi connectivity index (χ1) is 7.77. The normalized spacial score (nSPS) is 21.2. The molecule has 0 aromatic carbocycles. The lowest BCUT2D eigenvalue weighted by molar-refractivity contribution is -0.333. The number of nitrogens with one attached hydrogen (secondary N) is 1. The molecule has 1 saturated heterocycles. The first-order valence-electron chi connectivity index (χ1n) is 4.51. The second kappa shape index (κ2) is 6.78. The van der Waals surface area contributed by atoms with Gasteiger partial charge in [0, 0.05) is 0 Å². The molecule has 98 valence electrons. The van der Waals surface area contributed by atoms with Gasteiger partial charge in [0.1, 0.15) is 18.2 Å². The fourth-order valence-electron chi connectivity index (χ4n) is 0.757. The van der Waals surface area contributed by atoms with E-state index in [-0.39, 0.29) is 6.04 Å². The van der Waals surface area contributed by atoms with Crippen LogP contribution >= 0.6 is 0 Å². The maximum absolute atomic E-state index is 9.92. The molecular formula is C8H11NO8-2. The van der Waals surface area contributed by atoms with Crippen LogP contribution in [0.25, 0.3) is 0 Å². The lowest BCUT2D eigenvalue weighted by Gasteiger charge is -2.22. The molecule has 0 bridgehead atoms. The molecule has 17 heavy (non-hydrogen) atoms. The number of carboxylic acids is 3. The van der Waals surface area contributed by atoms with Crippen molar-refractivity contribution in [3.8, 4) is 0 Å². The molecule has 1 aliphatic heterocycles. The number of aliphatic carboxylic acids is 3. The predicted molar refractivity (Wildman–Crippen MR) is 46.1 cm³/mol. The molecule has 1 fully saturated rings. The second-order valence-electron chi connectivity index (χ2n) is 3.16. The lowest BCUT2D eigenvalue weighted by atomic mass is 10.1. The molecule has 0 aromatic rings. The van der Waals surface area contributed by atoms with E-state index in [1.807, 2.05) is 0 Å². The molecule has 1 aliphatic rings. The topological polar surface area (TPSA) is 170 Å². The molecule has 1 heterocycles. The molecule has 1 rings (SSSR count). The van der Waals surface area contributed by atoms with Crippen LogP contribution in [-0.4, -0.2) is 58.0 Å². The van der Waals surface area contributed by atoms with Crippen LogP contribution < -0.4 is 15.5 Å². The van der Waals surface area contributed by atoms with Gasteiger partial charge in [0.05, 0.1) is 11.9 Å². The van der Waals surface area contributed by atoms with Crippen LogP contribution in [-0.2, 0) is 14.4 Å². The zero-order chi connectivity index (χ0) is 13.6. The number of carbonyl (C=O) groups is 3. The summed E-state index contributed by atoms with van der Waals surface area (Å²) < 4.78 is 0. The van der Waals surface area contributed by atoms with Crippen LogP contribution in [0.1, 0.15) is 6.42 Å². The summed E-state index contributed by atoms with van der Waals surface area (Å²) in [4.78, 5) is 29.2. The monoisotopic (exact) mass is 249 g/mol. The van der Waals surface area contributed by atoms with E-state index in [1.165, 1.54) is 0 Å². The van der Waals surface area contributed by atoms with Crippen molar-refractivity contribution in [3.63, 3.8) is 0 Å². The fraction of sp³-hybridized carbons (Fsp3) is 0.625. The van der Waals surface area contributed by atoms with Crippen LogP contribution in [0.3, 0.4) is 0 Å². The first-order valence-corrected chi connectivity index (χ1v) is 4.51. The largest absolute Gasteiger partial charge is 0.547 e. The maximum Gasteiger partial charge on any atom is 0.320 e. The Bertz CT molecular complexity index is 282. The number of aliphatic hydroxyl groups excluding tert-OH is 2. The molecule has 0 aromatic heterocycles. The first kappa shape index (κ1) is 15.3. The van der Waals surface area contributed by atoms with Crippen molar-refractivity contribution in [2.75, 3.05) is 6.54 Å². The Hall–Kier alpha value is -1.71. The average molecular weight is 249 g/mol. The van der Waals surface area contributed by atoms with Crippen molar-refractivity contribution in [3.05, 3.63) is 0 Å². The minimum absolute atomic E-state index is 0.250. The van der Waals surface area contributed by atoms with Crippen LogP contribution in [0.5, 0.6) is 0 Å². The number of hydrogen-bond acceptors (Lipinski definition) is 8. The summed E-state index contributed by atoms with van der Waals surface area (Å²) >= 11 is 0. The quantitative estimate of drug-likeness (QED) is 0.379. The number of aliphatic hydroxyl groups is 2. The van der Waals surface area contributed by atoms with Crippen molar-refractivity contribution >= 4 is 17.9 Å². The predicted octanol–water partition coefficient (Wildman–Crippen LogP) is -5.36. The third-order valence-corrected chi connectivity index (χ3v) is 1.90. The Labute approximate surface area is 95.3 Å². The second-order valence-corrected chi connectivity index (χ2v) is 3.16. The van der Waals surface area contributed by atoms with E-state index in [0.717, 1.165) is 13.0 Å². The maximum atomic E-state index is 9.92. The van der Waals surface area contributed by atoms with E-state index in [2.05, 4.69) is 5.32 Å². The zero-order valence-electron chi connectivity index (χ0n) is 8.53. The number of hydrogen-bond donors (Lipinski definition) is 4. The average Bonchev–Trinajstić information content (AvgIpc) is 2.12. The Morgan fingerprint density at radius 1 is 1.12 bits per heavy atom. The van der Waals surface area contributed by atoms with Gasteiger partial charge in [-0.15, -0.1) is 0 Å². The van der Waals surface area contributed by atoms with Gasteiger partial charge >= 0.3 is 5.97 Å². The summed E-state index contributed by atoms with van der Waals surface area (Å²) in [7, 11) is 0. The lowest BCUT2D eigenvalue weighted by Crippen LogP contribution is -2.51. The summed E-state index contributed by atoms with van der Waals surface area (Å²) in [5.41, 5.74) is 0.